The molecule has 0 saturated carbocycles. The summed E-state index contributed by atoms with van der Waals surface area (Å²) >= 11 is 0. The number of furan rings is 1. The third-order valence-corrected chi connectivity index (χ3v) is 4.33. The summed E-state index contributed by atoms with van der Waals surface area (Å²) in [5, 5.41) is 8.75. The Hall–Kier alpha value is -2.75. The maximum Gasteiger partial charge on any atom is 0.303 e. The molecule has 0 radical (unpaired) electrons. The Morgan fingerprint density at radius 2 is 2.00 bits per heavy atom. The average molecular weight is 338 g/mol. The molecule has 2 aromatic rings. The lowest BCUT2D eigenvalue weighted by atomic mass is 9.97. The van der Waals surface area contributed by atoms with E-state index in [-0.39, 0.29) is 6.42 Å². The first-order valence-electron chi connectivity index (χ1n) is 8.50. The van der Waals surface area contributed by atoms with Crippen molar-refractivity contribution in [2.24, 2.45) is 0 Å². The summed E-state index contributed by atoms with van der Waals surface area (Å²) in [5.74, 6) is 1.63. The lowest BCUT2D eigenvalue weighted by Gasteiger charge is -2.16. The second-order valence-corrected chi connectivity index (χ2v) is 6.17. The van der Waals surface area contributed by atoms with Crippen molar-refractivity contribution in [3.63, 3.8) is 0 Å². The summed E-state index contributed by atoms with van der Waals surface area (Å²) in [7, 11) is 0. The lowest BCUT2D eigenvalue weighted by Crippen LogP contribution is -1.99. The van der Waals surface area contributed by atoms with E-state index in [1.807, 2.05) is 25.1 Å². The fraction of sp³-hybridized carbons (Fsp3) is 0.286. The van der Waals surface area contributed by atoms with Crippen LogP contribution in [0, 0.1) is 6.92 Å². The highest BCUT2D eigenvalue weighted by molar-refractivity contribution is 5.68. The number of hydrogen-bond acceptors (Lipinski definition) is 3. The number of hydrogen-bond donors (Lipinski definition) is 1. The summed E-state index contributed by atoms with van der Waals surface area (Å²) < 4.78 is 11.5. The average Bonchev–Trinajstić information content (AvgIpc) is 2.99. The zero-order valence-corrected chi connectivity index (χ0v) is 14.3. The van der Waals surface area contributed by atoms with Gasteiger partial charge in [0.2, 0.25) is 0 Å². The Morgan fingerprint density at radius 1 is 1.20 bits per heavy atom. The smallest absolute Gasteiger partial charge is 0.303 e. The molecule has 4 heteroatoms. The molecule has 3 rings (SSSR count). The van der Waals surface area contributed by atoms with Crippen LogP contribution in [0.4, 0.5) is 0 Å². The molecule has 1 aliphatic rings. The van der Waals surface area contributed by atoms with E-state index in [2.05, 4.69) is 30.3 Å². The second-order valence-electron chi connectivity index (χ2n) is 6.17. The molecule has 1 heterocycles. The first-order chi connectivity index (χ1) is 12.1. The first kappa shape index (κ1) is 17.1. The van der Waals surface area contributed by atoms with Crippen molar-refractivity contribution in [2.75, 3.05) is 0 Å². The van der Waals surface area contributed by atoms with Crippen LogP contribution in [0.5, 0.6) is 0 Å². The number of carbonyl (C=O) groups is 1. The number of aliphatic carboxylic acids is 1. The van der Waals surface area contributed by atoms with Gasteiger partial charge in [0.05, 0.1) is 12.2 Å². The SMILES string of the molecule is Cc1oc(CCC(=O)O)cc1COC1=CC=C(c2ccccc2)CC1. The lowest BCUT2D eigenvalue weighted by molar-refractivity contribution is -0.137. The van der Waals surface area contributed by atoms with Crippen LogP contribution >= 0.6 is 0 Å². The Bertz CT molecular complexity index is 797. The topological polar surface area (TPSA) is 59.7 Å². The highest BCUT2D eigenvalue weighted by Gasteiger charge is 2.12. The van der Waals surface area contributed by atoms with Crippen LogP contribution in [0.25, 0.3) is 5.57 Å². The molecule has 1 aromatic carbocycles. The number of rotatable bonds is 7. The summed E-state index contributed by atoms with van der Waals surface area (Å²) in [6.45, 7) is 2.33. The number of carboxylic acids is 1. The first-order valence-corrected chi connectivity index (χ1v) is 8.50. The molecule has 130 valence electrons. The number of allylic oxidation sites excluding steroid dienone is 4. The number of aryl methyl sites for hydroxylation is 2. The van der Waals surface area contributed by atoms with Crippen LogP contribution in [-0.4, -0.2) is 11.1 Å². The predicted molar refractivity (Wildman–Crippen MR) is 95.9 cm³/mol. The Kier molecular flexibility index (Phi) is 5.39. The van der Waals surface area contributed by atoms with Gasteiger partial charge in [-0.05, 0) is 36.6 Å². The van der Waals surface area contributed by atoms with Gasteiger partial charge in [0, 0.05) is 18.4 Å². The van der Waals surface area contributed by atoms with Gasteiger partial charge in [0.15, 0.2) is 0 Å². The van der Waals surface area contributed by atoms with E-state index in [1.54, 1.807) is 0 Å². The monoisotopic (exact) mass is 338 g/mol. The molecule has 0 bridgehead atoms. The third kappa shape index (κ3) is 4.63. The van der Waals surface area contributed by atoms with Crippen molar-refractivity contribution in [1.82, 2.24) is 0 Å². The minimum absolute atomic E-state index is 0.0749. The van der Waals surface area contributed by atoms with E-state index in [0.29, 0.717) is 18.8 Å². The predicted octanol–water partition coefficient (Wildman–Crippen LogP) is 4.88. The number of carboxylic acid groups (broad SMARTS) is 1. The summed E-state index contributed by atoms with van der Waals surface area (Å²) in [4.78, 5) is 10.6. The Balaban J connectivity index is 1.58. The van der Waals surface area contributed by atoms with E-state index in [0.717, 1.165) is 29.9 Å². The maximum atomic E-state index is 10.6. The quantitative estimate of drug-likeness (QED) is 0.781. The fourth-order valence-corrected chi connectivity index (χ4v) is 2.89. The van der Waals surface area contributed by atoms with Crippen LogP contribution in [0.1, 0.15) is 41.9 Å². The minimum Gasteiger partial charge on any atom is -0.493 e. The van der Waals surface area contributed by atoms with Gasteiger partial charge in [-0.15, -0.1) is 0 Å². The van der Waals surface area contributed by atoms with E-state index < -0.39 is 5.97 Å². The standard InChI is InChI=1S/C21H22O4/c1-15-18(13-20(25-15)11-12-21(22)23)14-24-19-9-7-17(8-10-19)16-5-3-2-4-6-16/h2-7,9,13H,8,10-12,14H2,1H3,(H,22,23). The van der Waals surface area contributed by atoms with Crippen LogP contribution in [0.2, 0.25) is 0 Å². The molecule has 0 atom stereocenters. The van der Waals surface area contributed by atoms with Crippen molar-refractivity contribution in [2.45, 2.75) is 39.2 Å². The van der Waals surface area contributed by atoms with Gasteiger partial charge in [0.1, 0.15) is 18.1 Å². The van der Waals surface area contributed by atoms with Gasteiger partial charge in [-0.2, -0.15) is 0 Å². The molecule has 1 N–H and O–H groups in total. The van der Waals surface area contributed by atoms with Crippen LogP contribution in [0.15, 0.2) is 58.7 Å². The Labute approximate surface area is 147 Å². The van der Waals surface area contributed by atoms with Crippen molar-refractivity contribution < 1.29 is 19.1 Å². The van der Waals surface area contributed by atoms with Crippen LogP contribution < -0.4 is 0 Å². The van der Waals surface area contributed by atoms with Crippen LogP contribution in [0.3, 0.4) is 0 Å². The van der Waals surface area contributed by atoms with Crippen molar-refractivity contribution >= 4 is 11.5 Å². The molecule has 0 aliphatic heterocycles. The number of benzene rings is 1. The van der Waals surface area contributed by atoms with Gasteiger partial charge in [-0.25, -0.2) is 0 Å². The highest BCUT2D eigenvalue weighted by atomic mass is 16.5. The van der Waals surface area contributed by atoms with Gasteiger partial charge in [-0.1, -0.05) is 36.4 Å². The molecule has 0 fully saturated rings. The molecule has 4 nitrogen and oxygen atoms in total. The van der Waals surface area contributed by atoms with Gasteiger partial charge in [-0.3, -0.25) is 4.79 Å². The zero-order chi connectivity index (χ0) is 17.6. The summed E-state index contributed by atoms with van der Waals surface area (Å²) in [5.41, 5.74) is 3.55. The minimum atomic E-state index is -0.819. The van der Waals surface area contributed by atoms with E-state index in [9.17, 15) is 4.79 Å². The molecular weight excluding hydrogens is 316 g/mol. The van der Waals surface area contributed by atoms with Crippen LogP contribution in [-0.2, 0) is 22.6 Å². The number of ether oxygens (including phenoxy) is 1. The molecular formula is C21H22O4. The molecule has 1 aliphatic carbocycles. The van der Waals surface area contributed by atoms with Gasteiger partial charge < -0.3 is 14.3 Å². The normalized spacial score (nSPS) is 14.0. The summed E-state index contributed by atoms with van der Waals surface area (Å²) in [6, 6.07) is 12.3. The maximum absolute atomic E-state index is 10.6. The van der Waals surface area contributed by atoms with E-state index in [1.165, 1.54) is 11.1 Å². The zero-order valence-electron chi connectivity index (χ0n) is 14.3. The third-order valence-electron chi connectivity index (χ3n) is 4.33. The molecule has 25 heavy (non-hydrogen) atoms. The highest BCUT2D eigenvalue weighted by Crippen LogP contribution is 2.28. The molecule has 0 saturated heterocycles. The van der Waals surface area contributed by atoms with Crippen molar-refractivity contribution in [3.05, 3.63) is 77.0 Å². The van der Waals surface area contributed by atoms with Gasteiger partial charge >= 0.3 is 5.97 Å². The second kappa shape index (κ2) is 7.88. The fourth-order valence-electron chi connectivity index (χ4n) is 2.89. The largest absolute Gasteiger partial charge is 0.493 e. The molecule has 0 unspecified atom stereocenters. The summed E-state index contributed by atoms with van der Waals surface area (Å²) in [6.07, 6.45) is 6.47. The molecule has 1 aromatic heterocycles. The van der Waals surface area contributed by atoms with Crippen molar-refractivity contribution in [1.29, 1.82) is 0 Å². The van der Waals surface area contributed by atoms with Gasteiger partial charge in [0.25, 0.3) is 0 Å². The van der Waals surface area contributed by atoms with E-state index in [4.69, 9.17) is 14.3 Å². The Morgan fingerprint density at radius 3 is 2.68 bits per heavy atom. The molecule has 0 spiro atoms. The van der Waals surface area contributed by atoms with Crippen molar-refractivity contribution in [3.8, 4) is 0 Å². The van der Waals surface area contributed by atoms with E-state index >= 15 is 0 Å². The molecule has 0 amide bonds.